The molecule has 3 saturated carbocycles. The molecule has 0 heterocycles. The first-order valence-electron chi connectivity index (χ1n) is 9.74. The predicted molar refractivity (Wildman–Crippen MR) is 95.0 cm³/mol. The molecule has 0 saturated heterocycles. The third-order valence-corrected chi connectivity index (χ3v) is 8.43. The summed E-state index contributed by atoms with van der Waals surface area (Å²) < 4.78 is 0. The summed E-state index contributed by atoms with van der Waals surface area (Å²) in [6, 6.07) is 0. The van der Waals surface area contributed by atoms with E-state index >= 15 is 0 Å². The zero-order chi connectivity index (χ0) is 16.4. The molecule has 0 amide bonds. The van der Waals surface area contributed by atoms with Gasteiger partial charge in [-0.3, -0.25) is 4.79 Å². The van der Waals surface area contributed by atoms with Gasteiger partial charge in [0.25, 0.3) is 0 Å². The molecule has 0 aromatic heterocycles. The van der Waals surface area contributed by atoms with Gasteiger partial charge in [-0.15, -0.1) is 0 Å². The van der Waals surface area contributed by atoms with Crippen molar-refractivity contribution < 1.29 is 4.79 Å². The minimum absolute atomic E-state index is 0.375. The van der Waals surface area contributed by atoms with Crippen molar-refractivity contribution in [3.8, 4) is 0 Å². The van der Waals surface area contributed by atoms with Gasteiger partial charge in [0.05, 0.1) is 0 Å². The quantitative estimate of drug-likeness (QED) is 0.567. The average molecular weight is 312 g/mol. The molecule has 4 aliphatic rings. The molecule has 0 unspecified atom stereocenters. The van der Waals surface area contributed by atoms with Crippen LogP contribution in [0.15, 0.2) is 23.8 Å². The number of rotatable bonds is 1. The molecule has 1 nitrogen and oxygen atoms in total. The van der Waals surface area contributed by atoms with Gasteiger partial charge >= 0.3 is 0 Å². The van der Waals surface area contributed by atoms with Crippen LogP contribution < -0.4 is 0 Å². The minimum atomic E-state index is 0.375. The first-order chi connectivity index (χ1) is 10.8. The predicted octanol–water partition coefficient (Wildman–Crippen LogP) is 5.71. The van der Waals surface area contributed by atoms with Crippen molar-refractivity contribution in [2.24, 2.45) is 34.5 Å². The van der Waals surface area contributed by atoms with E-state index in [1.165, 1.54) is 49.7 Å². The van der Waals surface area contributed by atoms with Crippen molar-refractivity contribution in [2.75, 3.05) is 0 Å². The topological polar surface area (TPSA) is 17.1 Å². The number of hydrogen-bond acceptors (Lipinski definition) is 1. The van der Waals surface area contributed by atoms with Crippen molar-refractivity contribution in [1.82, 2.24) is 0 Å². The summed E-state index contributed by atoms with van der Waals surface area (Å²) in [5.41, 5.74) is 3.88. The van der Waals surface area contributed by atoms with Gasteiger partial charge in [-0.25, -0.2) is 0 Å². The molecule has 0 radical (unpaired) electrons. The molecule has 23 heavy (non-hydrogen) atoms. The Bertz CT molecular complexity index is 585. The van der Waals surface area contributed by atoms with Gasteiger partial charge < -0.3 is 0 Å². The van der Waals surface area contributed by atoms with E-state index < -0.39 is 0 Å². The minimum Gasteiger partial charge on any atom is -0.295 e. The molecule has 0 bridgehead atoms. The number of hydrogen-bond donors (Lipinski definition) is 0. The van der Waals surface area contributed by atoms with Gasteiger partial charge in [-0.05, 0) is 92.4 Å². The smallest absolute Gasteiger partial charge is 0.155 e. The van der Waals surface area contributed by atoms with Crippen LogP contribution in [0, 0.1) is 34.5 Å². The molecule has 4 aliphatic carbocycles. The first-order valence-corrected chi connectivity index (χ1v) is 9.74. The van der Waals surface area contributed by atoms with Crippen LogP contribution in [0.2, 0.25) is 0 Å². The summed E-state index contributed by atoms with van der Waals surface area (Å²) in [5, 5.41) is 0. The Hall–Kier alpha value is -0.850. The van der Waals surface area contributed by atoms with Gasteiger partial charge in [0.2, 0.25) is 0 Å². The highest BCUT2D eigenvalue weighted by Gasteiger charge is 2.60. The van der Waals surface area contributed by atoms with Crippen LogP contribution in [0.3, 0.4) is 0 Å². The molecule has 4 rings (SSSR count). The number of ketones is 1. The summed E-state index contributed by atoms with van der Waals surface area (Å²) in [7, 11) is 0. The second kappa shape index (κ2) is 5.07. The van der Waals surface area contributed by atoms with Crippen molar-refractivity contribution in [1.29, 1.82) is 0 Å². The second-order valence-electron chi connectivity index (χ2n) is 9.60. The summed E-state index contributed by atoms with van der Waals surface area (Å²) in [5.74, 6) is 3.45. The Morgan fingerprint density at radius 3 is 2.65 bits per heavy atom. The molecule has 126 valence electrons. The van der Waals surface area contributed by atoms with Gasteiger partial charge in [0, 0.05) is 6.42 Å². The zero-order valence-corrected chi connectivity index (χ0v) is 15.2. The van der Waals surface area contributed by atoms with Gasteiger partial charge in [0.1, 0.15) is 0 Å². The summed E-state index contributed by atoms with van der Waals surface area (Å²) >= 11 is 0. The third kappa shape index (κ3) is 2.14. The van der Waals surface area contributed by atoms with Crippen molar-refractivity contribution in [3.05, 3.63) is 23.8 Å². The molecule has 3 fully saturated rings. The molecule has 0 aromatic rings. The maximum absolute atomic E-state index is 11.9. The standard InChI is InChI=1S/C22H32O/c1-14(2)17-9-10-21(3)11-12-22(4)18-8-6-16(23)13-15(18)5-7-19(22)20(17)21/h13,17-20H,1,5-12H2,2-4H3/t17-,18+,19+,20+,21+,22-/m0/s1. The molecule has 1 heteroatoms. The lowest BCUT2D eigenvalue weighted by Gasteiger charge is -2.60. The summed E-state index contributed by atoms with van der Waals surface area (Å²) in [6.07, 6.45) is 11.9. The fourth-order valence-corrected chi connectivity index (χ4v) is 7.19. The lowest BCUT2D eigenvalue weighted by molar-refractivity contribution is -0.117. The Kier molecular flexibility index (Phi) is 3.45. The molecule has 0 spiro atoms. The van der Waals surface area contributed by atoms with E-state index in [1.54, 1.807) is 0 Å². The highest BCUT2D eigenvalue weighted by Crippen LogP contribution is 2.68. The third-order valence-electron chi connectivity index (χ3n) is 8.43. The Morgan fingerprint density at radius 1 is 1.13 bits per heavy atom. The van der Waals surface area contributed by atoms with Gasteiger partial charge in [-0.2, -0.15) is 0 Å². The molecule has 0 aromatic carbocycles. The number of allylic oxidation sites excluding steroid dienone is 2. The largest absolute Gasteiger partial charge is 0.295 e. The molecular weight excluding hydrogens is 280 g/mol. The van der Waals surface area contributed by atoms with Crippen LogP contribution in [-0.4, -0.2) is 5.78 Å². The number of fused-ring (bicyclic) bond motifs is 5. The molecule has 0 N–H and O–H groups in total. The summed E-state index contributed by atoms with van der Waals surface area (Å²) in [6.45, 7) is 11.7. The molecule has 6 atom stereocenters. The SMILES string of the molecule is C=C(C)[C@@H]1CC[C@]2(C)CC[C@@]3(C)[C@@H]4CCC(=O)C=C4CC[C@@H]3[C@@H]12. The van der Waals surface area contributed by atoms with Crippen LogP contribution in [0.1, 0.15) is 72.1 Å². The van der Waals surface area contributed by atoms with E-state index in [9.17, 15) is 4.79 Å². The van der Waals surface area contributed by atoms with E-state index in [2.05, 4.69) is 27.4 Å². The van der Waals surface area contributed by atoms with Crippen molar-refractivity contribution in [2.45, 2.75) is 72.1 Å². The maximum atomic E-state index is 11.9. The summed E-state index contributed by atoms with van der Waals surface area (Å²) in [4.78, 5) is 11.9. The fourth-order valence-electron chi connectivity index (χ4n) is 7.19. The van der Waals surface area contributed by atoms with Crippen molar-refractivity contribution in [3.63, 3.8) is 0 Å². The van der Waals surface area contributed by atoms with Gasteiger partial charge in [-0.1, -0.05) is 31.6 Å². The second-order valence-corrected chi connectivity index (χ2v) is 9.60. The van der Waals surface area contributed by atoms with E-state index in [0.717, 1.165) is 30.6 Å². The maximum Gasteiger partial charge on any atom is 0.155 e. The van der Waals surface area contributed by atoms with E-state index in [0.29, 0.717) is 22.5 Å². The van der Waals surface area contributed by atoms with Crippen LogP contribution in [0.4, 0.5) is 0 Å². The van der Waals surface area contributed by atoms with Crippen LogP contribution >= 0.6 is 0 Å². The highest BCUT2D eigenvalue weighted by molar-refractivity contribution is 5.91. The fraction of sp³-hybridized carbons (Fsp3) is 0.773. The van der Waals surface area contributed by atoms with E-state index in [-0.39, 0.29) is 0 Å². The normalized spacial score (nSPS) is 49.0. The lowest BCUT2D eigenvalue weighted by Crippen LogP contribution is -2.52. The van der Waals surface area contributed by atoms with Gasteiger partial charge in [0.15, 0.2) is 5.78 Å². The monoisotopic (exact) mass is 312 g/mol. The van der Waals surface area contributed by atoms with E-state index in [1.807, 2.05) is 6.08 Å². The highest BCUT2D eigenvalue weighted by atomic mass is 16.1. The average Bonchev–Trinajstić information content (AvgIpc) is 2.85. The van der Waals surface area contributed by atoms with Crippen LogP contribution in [-0.2, 0) is 4.79 Å². The Balaban J connectivity index is 1.73. The van der Waals surface area contributed by atoms with Crippen molar-refractivity contribution >= 4 is 5.78 Å². The number of carbonyl (C=O) groups excluding carboxylic acids is 1. The lowest BCUT2D eigenvalue weighted by atomic mass is 9.44. The first kappa shape index (κ1) is 15.7. The number of carbonyl (C=O) groups is 1. The zero-order valence-electron chi connectivity index (χ0n) is 15.2. The Morgan fingerprint density at radius 2 is 1.91 bits per heavy atom. The van der Waals surface area contributed by atoms with Crippen LogP contribution in [0.5, 0.6) is 0 Å². The van der Waals surface area contributed by atoms with Crippen LogP contribution in [0.25, 0.3) is 0 Å². The Labute approximate surface area is 141 Å². The molecular formula is C22H32O. The molecule has 0 aliphatic heterocycles. The van der Waals surface area contributed by atoms with E-state index in [4.69, 9.17) is 0 Å².